The number of nitrogens with two attached hydrogens (primary N) is 1. The lowest BCUT2D eigenvalue weighted by Crippen LogP contribution is -2.47. The monoisotopic (exact) mass is 687 g/mol. The van der Waals surface area contributed by atoms with Gasteiger partial charge in [0.05, 0.1) is 30.7 Å². The lowest BCUT2D eigenvalue weighted by Gasteiger charge is -2.36. The quantitative estimate of drug-likeness (QED) is 0.0535. The lowest BCUT2D eigenvalue weighted by atomic mass is 10.1. The maximum atomic E-state index is 13.7. The number of hydrogen-bond donors (Lipinski definition) is 1. The van der Waals surface area contributed by atoms with E-state index in [4.69, 9.17) is 20.4 Å². The van der Waals surface area contributed by atoms with Crippen LogP contribution in [0.15, 0.2) is 24.3 Å². The van der Waals surface area contributed by atoms with Crippen LogP contribution in [0.2, 0.25) is 0 Å². The molecule has 1 saturated heterocycles. The van der Waals surface area contributed by atoms with Gasteiger partial charge in [0, 0.05) is 62.8 Å². The van der Waals surface area contributed by atoms with Gasteiger partial charge in [-0.05, 0) is 58.1 Å². The molecular formula is C35H45F4N7O3. The van der Waals surface area contributed by atoms with E-state index in [9.17, 15) is 22.4 Å². The van der Waals surface area contributed by atoms with Crippen LogP contribution in [-0.4, -0.2) is 96.9 Å². The van der Waals surface area contributed by atoms with Crippen molar-refractivity contribution in [1.29, 1.82) is 0 Å². The number of aromatic nitrogens is 3. The number of pyridine rings is 1. The summed E-state index contributed by atoms with van der Waals surface area (Å²) in [6.07, 6.45) is 4.83. The van der Waals surface area contributed by atoms with Crippen molar-refractivity contribution < 1.29 is 31.8 Å². The molecule has 2 N–H and O–H groups in total. The molecule has 0 bridgehead atoms. The number of hydrogen-bond acceptors (Lipinski definition) is 9. The molecule has 1 aliphatic rings. The molecule has 0 unspecified atom stereocenters. The molecule has 0 radical (unpaired) electrons. The summed E-state index contributed by atoms with van der Waals surface area (Å²) in [6.45, 7) is 8.16. The van der Waals surface area contributed by atoms with Crippen molar-refractivity contribution in [3.63, 3.8) is 0 Å². The second-order valence-electron chi connectivity index (χ2n) is 12.7. The Bertz CT molecular complexity index is 1730. The molecule has 0 aliphatic carbocycles. The molecule has 3 heterocycles. The van der Waals surface area contributed by atoms with Crippen LogP contribution in [0.25, 0.3) is 21.9 Å². The van der Waals surface area contributed by atoms with Gasteiger partial charge in [0.25, 0.3) is 0 Å². The third kappa shape index (κ3) is 8.78. The van der Waals surface area contributed by atoms with Crippen molar-refractivity contribution >= 4 is 39.4 Å². The summed E-state index contributed by atoms with van der Waals surface area (Å²) >= 11 is 0. The molecule has 1 aliphatic heterocycles. The Labute approximate surface area is 283 Å². The number of carbonyl (C=O) groups is 1. The van der Waals surface area contributed by atoms with E-state index in [0.717, 1.165) is 105 Å². The molecule has 49 heavy (non-hydrogen) atoms. The molecule has 14 heteroatoms. The first kappa shape index (κ1) is 36.3. The number of rotatable bonds is 16. The van der Waals surface area contributed by atoms with Crippen molar-refractivity contribution in [2.75, 3.05) is 77.2 Å². The van der Waals surface area contributed by atoms with Gasteiger partial charge in [-0.15, -0.1) is 0 Å². The van der Waals surface area contributed by atoms with E-state index in [2.05, 4.69) is 57.2 Å². The fraction of sp³-hybridized carbons (Fsp3) is 0.514. The molecule has 4 aromatic rings. The first-order valence-electron chi connectivity index (χ1n) is 16.9. The second-order valence-corrected chi connectivity index (χ2v) is 12.7. The summed E-state index contributed by atoms with van der Waals surface area (Å²) in [5.74, 6) is -7.77. The molecule has 10 nitrogen and oxygen atoms in total. The second kappa shape index (κ2) is 16.6. The third-order valence-corrected chi connectivity index (χ3v) is 8.78. The highest BCUT2D eigenvalue weighted by atomic mass is 19.2. The SMILES string of the molecule is CCCCc1nc2c(N)nc3ccc(N4CCN(CCOCCC(=O)Oc5c(F)c(F)cc(F)c5F)CC4)cc3c2n1CCCCN(C)C. The van der Waals surface area contributed by atoms with Gasteiger partial charge < -0.3 is 29.6 Å². The third-order valence-electron chi connectivity index (χ3n) is 8.78. The molecule has 266 valence electrons. The Morgan fingerprint density at radius 2 is 1.67 bits per heavy atom. The first-order valence-corrected chi connectivity index (χ1v) is 16.9. The van der Waals surface area contributed by atoms with Crippen molar-refractivity contribution in [2.45, 2.75) is 52.0 Å². The van der Waals surface area contributed by atoms with E-state index >= 15 is 0 Å². The molecule has 5 rings (SSSR count). The van der Waals surface area contributed by atoms with Gasteiger partial charge >= 0.3 is 5.97 Å². The number of aryl methyl sites for hydroxylation is 2. The number of ether oxygens (including phenoxy) is 2. The largest absolute Gasteiger partial charge is 0.420 e. The highest BCUT2D eigenvalue weighted by Gasteiger charge is 2.24. The fourth-order valence-electron chi connectivity index (χ4n) is 6.09. The van der Waals surface area contributed by atoms with E-state index < -0.39 is 35.0 Å². The fourth-order valence-corrected chi connectivity index (χ4v) is 6.09. The smallest absolute Gasteiger partial charge is 0.313 e. The number of nitrogen functional groups attached to an aromatic ring is 1. The minimum Gasteiger partial charge on any atom is -0.420 e. The minimum atomic E-state index is -1.76. The van der Waals surface area contributed by atoms with Crippen LogP contribution in [0.1, 0.15) is 44.9 Å². The van der Waals surface area contributed by atoms with Gasteiger partial charge in [0.2, 0.25) is 17.4 Å². The van der Waals surface area contributed by atoms with Gasteiger partial charge in [0.1, 0.15) is 11.3 Å². The summed E-state index contributed by atoms with van der Waals surface area (Å²) in [6, 6.07) is 6.38. The topological polar surface area (TPSA) is 102 Å². The van der Waals surface area contributed by atoms with E-state index in [-0.39, 0.29) is 19.1 Å². The molecular weight excluding hydrogens is 642 g/mol. The number of fused-ring (bicyclic) bond motifs is 3. The average molecular weight is 688 g/mol. The van der Waals surface area contributed by atoms with Crippen molar-refractivity contribution in [3.8, 4) is 5.75 Å². The normalized spacial score (nSPS) is 14.1. The van der Waals surface area contributed by atoms with E-state index in [1.165, 1.54) is 0 Å². The molecule has 0 atom stereocenters. The highest BCUT2D eigenvalue weighted by Crippen LogP contribution is 2.33. The molecule has 0 amide bonds. The predicted molar refractivity (Wildman–Crippen MR) is 182 cm³/mol. The average Bonchev–Trinajstić information content (AvgIpc) is 3.45. The Morgan fingerprint density at radius 1 is 0.939 bits per heavy atom. The van der Waals surface area contributed by atoms with Gasteiger partial charge in [-0.1, -0.05) is 13.3 Å². The Balaban J connectivity index is 1.17. The molecule has 0 spiro atoms. The number of nitrogens with zero attached hydrogens (tertiary/aromatic N) is 6. The summed E-state index contributed by atoms with van der Waals surface area (Å²) in [5.41, 5.74) is 10.2. The minimum absolute atomic E-state index is 0.0496. The van der Waals surface area contributed by atoms with Gasteiger partial charge in [-0.25, -0.2) is 18.7 Å². The van der Waals surface area contributed by atoms with Crippen LogP contribution in [0.3, 0.4) is 0 Å². The molecule has 2 aromatic heterocycles. The summed E-state index contributed by atoms with van der Waals surface area (Å²) in [4.78, 5) is 28.5. The number of esters is 1. The van der Waals surface area contributed by atoms with Crippen molar-refractivity contribution in [3.05, 3.63) is 53.4 Å². The summed E-state index contributed by atoms with van der Waals surface area (Å²) in [7, 11) is 4.19. The molecule has 2 aromatic carbocycles. The summed E-state index contributed by atoms with van der Waals surface area (Å²) in [5, 5.41) is 1.05. The molecule has 0 saturated carbocycles. The standard InChI is InChI=1S/C35H45F4N7O3/c1-4-5-8-28-42-32-33(46(28)13-7-6-12-43(2)3)24-21-23(9-10-27(24)41-35(32)40)45-16-14-44(15-17-45)18-20-48-19-11-29(47)49-34-30(38)25(36)22-26(37)31(34)39/h9-10,21-22H,4-8,11-20H2,1-3H3,(H2,40,41). The van der Waals surface area contributed by atoms with Crippen LogP contribution in [0, 0.1) is 23.3 Å². The number of piperazine rings is 1. The van der Waals surface area contributed by atoms with Crippen molar-refractivity contribution in [1.82, 2.24) is 24.3 Å². The Morgan fingerprint density at radius 3 is 2.37 bits per heavy atom. The van der Waals surface area contributed by atoms with Gasteiger partial charge in [-0.2, -0.15) is 8.78 Å². The highest BCUT2D eigenvalue weighted by molar-refractivity contribution is 6.07. The van der Waals surface area contributed by atoms with Crippen LogP contribution in [0.4, 0.5) is 29.1 Å². The van der Waals surface area contributed by atoms with Crippen molar-refractivity contribution in [2.24, 2.45) is 0 Å². The van der Waals surface area contributed by atoms with Gasteiger partial charge in [-0.3, -0.25) is 9.69 Å². The number of halogens is 4. The molecule has 1 fully saturated rings. The van der Waals surface area contributed by atoms with Crippen LogP contribution in [0.5, 0.6) is 5.75 Å². The van der Waals surface area contributed by atoms with E-state index in [0.29, 0.717) is 19.0 Å². The lowest BCUT2D eigenvalue weighted by molar-refractivity contribution is -0.136. The van der Waals surface area contributed by atoms with Crippen LogP contribution < -0.4 is 15.4 Å². The predicted octanol–water partition coefficient (Wildman–Crippen LogP) is 5.54. The van der Waals surface area contributed by atoms with E-state index in [1.54, 1.807) is 0 Å². The van der Waals surface area contributed by atoms with E-state index in [1.807, 2.05) is 6.07 Å². The zero-order valence-corrected chi connectivity index (χ0v) is 28.4. The first-order chi connectivity index (χ1) is 23.6. The van der Waals surface area contributed by atoms with Crippen LogP contribution in [-0.2, 0) is 22.5 Å². The number of imidazole rings is 1. The number of benzene rings is 2. The Kier molecular flexibility index (Phi) is 12.3. The zero-order chi connectivity index (χ0) is 35.1. The maximum Gasteiger partial charge on any atom is 0.313 e. The maximum absolute atomic E-state index is 13.7. The Hall–Kier alpha value is -4.01. The number of unbranched alkanes of at least 4 members (excludes halogenated alkanes) is 2. The zero-order valence-electron chi connectivity index (χ0n) is 28.4. The van der Waals surface area contributed by atoms with Gasteiger partial charge in [0.15, 0.2) is 17.5 Å². The summed E-state index contributed by atoms with van der Waals surface area (Å²) < 4.78 is 66.6. The van der Waals surface area contributed by atoms with Crippen LogP contribution >= 0.6 is 0 Å². The number of anilines is 2. The number of carbonyl (C=O) groups excluding carboxylic acids is 1.